The fourth-order valence-corrected chi connectivity index (χ4v) is 3.81. The molecular weight excluding hydrogens is 445 g/mol. The zero-order valence-corrected chi connectivity index (χ0v) is 19.2. The molecule has 1 fully saturated rings. The maximum atomic E-state index is 4.73. The van der Waals surface area contributed by atoms with Crippen molar-refractivity contribution in [1.29, 1.82) is 0 Å². The van der Waals surface area contributed by atoms with Gasteiger partial charge in [0.15, 0.2) is 5.96 Å². The molecule has 0 atom stereocenters. The highest BCUT2D eigenvalue weighted by Gasteiger charge is 2.19. The molecule has 0 bridgehead atoms. The van der Waals surface area contributed by atoms with Crippen molar-refractivity contribution < 1.29 is 0 Å². The lowest BCUT2D eigenvalue weighted by molar-refractivity contribution is 0.203. The number of halogens is 1. The number of rotatable bonds is 7. The molecule has 2 heterocycles. The van der Waals surface area contributed by atoms with E-state index in [0.29, 0.717) is 12.6 Å². The summed E-state index contributed by atoms with van der Waals surface area (Å²) in [5.74, 6) is 0.926. The Morgan fingerprint density at radius 2 is 2.00 bits per heavy atom. The van der Waals surface area contributed by atoms with Crippen molar-refractivity contribution in [1.82, 2.24) is 20.5 Å². The average Bonchev–Trinajstić information content (AvgIpc) is 2.90. The molecular formula is C18H34IN5S. The molecule has 2 N–H and O–H groups in total. The number of nitrogens with zero attached hydrogens (tertiary/aromatic N) is 3. The molecule has 1 aliphatic heterocycles. The quantitative estimate of drug-likeness (QED) is 0.356. The number of thiazole rings is 1. The maximum absolute atomic E-state index is 4.73. The van der Waals surface area contributed by atoms with E-state index in [1.165, 1.54) is 50.2 Å². The van der Waals surface area contributed by atoms with Crippen LogP contribution in [0.15, 0.2) is 4.99 Å². The van der Waals surface area contributed by atoms with Crippen molar-refractivity contribution in [2.45, 2.75) is 66.0 Å². The highest BCUT2D eigenvalue weighted by atomic mass is 127. The molecule has 0 aliphatic carbocycles. The predicted octanol–water partition coefficient (Wildman–Crippen LogP) is 3.70. The number of likely N-dealkylation sites (tertiary alicyclic amines) is 1. The Morgan fingerprint density at radius 3 is 2.56 bits per heavy atom. The minimum atomic E-state index is 0. The molecule has 2 rings (SSSR count). The van der Waals surface area contributed by atoms with Gasteiger partial charge in [-0.25, -0.2) is 9.98 Å². The van der Waals surface area contributed by atoms with Crippen molar-refractivity contribution >= 4 is 41.3 Å². The number of unbranched alkanes of at least 4 members (excludes halogenated alkanes) is 1. The maximum Gasteiger partial charge on any atom is 0.191 e. The highest BCUT2D eigenvalue weighted by Crippen LogP contribution is 2.17. The smallest absolute Gasteiger partial charge is 0.191 e. The zero-order chi connectivity index (χ0) is 17.4. The van der Waals surface area contributed by atoms with Gasteiger partial charge in [0, 0.05) is 30.6 Å². The fraction of sp³-hybridized carbons (Fsp3) is 0.778. The first-order chi connectivity index (χ1) is 11.6. The topological polar surface area (TPSA) is 52.5 Å². The number of hydrogen-bond donors (Lipinski definition) is 2. The second-order valence-corrected chi connectivity index (χ2v) is 7.85. The number of aliphatic imine (C=N–C) groups is 1. The van der Waals surface area contributed by atoms with Gasteiger partial charge < -0.3 is 15.5 Å². The van der Waals surface area contributed by atoms with E-state index in [0.717, 1.165) is 23.2 Å². The van der Waals surface area contributed by atoms with E-state index >= 15 is 0 Å². The van der Waals surface area contributed by atoms with Gasteiger partial charge in [0.2, 0.25) is 0 Å². The third-order valence-electron chi connectivity index (χ3n) is 4.55. The summed E-state index contributed by atoms with van der Waals surface area (Å²) in [5, 5.41) is 8.08. The number of aromatic nitrogens is 1. The first kappa shape index (κ1) is 22.6. The third-order valence-corrected chi connectivity index (χ3v) is 5.60. The van der Waals surface area contributed by atoms with Gasteiger partial charge in [0.25, 0.3) is 0 Å². The normalized spacial score (nSPS) is 16.6. The van der Waals surface area contributed by atoms with Gasteiger partial charge in [-0.05, 0) is 46.6 Å². The summed E-state index contributed by atoms with van der Waals surface area (Å²) in [4.78, 5) is 13.2. The van der Waals surface area contributed by atoms with Gasteiger partial charge >= 0.3 is 0 Å². The zero-order valence-electron chi connectivity index (χ0n) is 16.1. The Hall–Kier alpha value is -0.410. The molecule has 1 saturated heterocycles. The molecule has 0 spiro atoms. The van der Waals surface area contributed by atoms with Crippen LogP contribution in [0.5, 0.6) is 0 Å². The van der Waals surface area contributed by atoms with Gasteiger partial charge in [0.1, 0.15) is 5.01 Å². The first-order valence-corrected chi connectivity index (χ1v) is 10.1. The number of piperidine rings is 1. The number of hydrogen-bond acceptors (Lipinski definition) is 4. The molecule has 7 heteroatoms. The van der Waals surface area contributed by atoms with Crippen molar-refractivity contribution in [2.24, 2.45) is 4.99 Å². The standard InChI is InChI=1S/C18H33N5S.HI/c1-5-7-10-23-11-8-16(9-12-23)22-18(19-6-2)20-13-17-21-14(3)15(4)24-17;/h16H,5-13H2,1-4H3,(H2,19,20,22);1H. The second kappa shape index (κ2) is 12.1. The van der Waals surface area contributed by atoms with Crippen LogP contribution in [-0.4, -0.2) is 48.1 Å². The molecule has 1 aromatic heterocycles. The average molecular weight is 479 g/mol. The molecule has 0 amide bonds. The van der Waals surface area contributed by atoms with Crippen molar-refractivity contribution in [2.75, 3.05) is 26.2 Å². The Balaban J connectivity index is 0.00000312. The summed E-state index contributed by atoms with van der Waals surface area (Å²) in [6.07, 6.45) is 4.99. The minimum Gasteiger partial charge on any atom is -0.357 e. The van der Waals surface area contributed by atoms with Gasteiger partial charge in [-0.1, -0.05) is 13.3 Å². The Bertz CT molecular complexity index is 504. The van der Waals surface area contributed by atoms with Crippen LogP contribution >= 0.6 is 35.3 Å². The molecule has 0 saturated carbocycles. The summed E-state index contributed by atoms with van der Waals surface area (Å²) in [5.41, 5.74) is 1.13. The molecule has 1 aliphatic rings. The number of aryl methyl sites for hydroxylation is 2. The van der Waals surface area contributed by atoms with Gasteiger partial charge in [-0.3, -0.25) is 0 Å². The number of guanidine groups is 1. The van der Waals surface area contributed by atoms with Crippen molar-refractivity contribution in [3.8, 4) is 0 Å². The molecule has 1 aromatic rings. The second-order valence-electron chi connectivity index (χ2n) is 6.56. The SMILES string of the molecule is CCCCN1CCC(NC(=NCc2nc(C)c(C)s2)NCC)CC1.I. The van der Waals surface area contributed by atoms with E-state index in [9.17, 15) is 0 Å². The Kier molecular flexibility index (Phi) is 10.9. The van der Waals surface area contributed by atoms with Crippen LogP contribution in [-0.2, 0) is 6.54 Å². The molecule has 0 aromatic carbocycles. The summed E-state index contributed by atoms with van der Waals surface area (Å²) < 4.78 is 0. The van der Waals surface area contributed by atoms with Crippen LogP contribution in [0.3, 0.4) is 0 Å². The monoisotopic (exact) mass is 479 g/mol. The lowest BCUT2D eigenvalue weighted by Crippen LogP contribution is -2.48. The first-order valence-electron chi connectivity index (χ1n) is 9.32. The lowest BCUT2D eigenvalue weighted by Gasteiger charge is -2.33. The van der Waals surface area contributed by atoms with Crippen LogP contribution < -0.4 is 10.6 Å². The van der Waals surface area contributed by atoms with Gasteiger partial charge in [-0.2, -0.15) is 0 Å². The summed E-state index contributed by atoms with van der Waals surface area (Å²) in [6, 6.07) is 0.528. The van der Waals surface area contributed by atoms with Crippen LogP contribution in [0.25, 0.3) is 0 Å². The van der Waals surface area contributed by atoms with Crippen LogP contribution in [0.1, 0.15) is 55.1 Å². The van der Waals surface area contributed by atoms with E-state index in [1.807, 2.05) is 0 Å². The predicted molar refractivity (Wildman–Crippen MR) is 119 cm³/mol. The Morgan fingerprint density at radius 1 is 1.28 bits per heavy atom. The van der Waals surface area contributed by atoms with E-state index in [2.05, 4.69) is 48.2 Å². The molecule has 5 nitrogen and oxygen atoms in total. The summed E-state index contributed by atoms with van der Waals surface area (Å²) in [6.45, 7) is 13.7. The van der Waals surface area contributed by atoms with Gasteiger partial charge in [0.05, 0.1) is 12.2 Å². The van der Waals surface area contributed by atoms with Crippen molar-refractivity contribution in [3.05, 3.63) is 15.6 Å². The molecule has 25 heavy (non-hydrogen) atoms. The van der Waals surface area contributed by atoms with E-state index in [-0.39, 0.29) is 24.0 Å². The minimum absolute atomic E-state index is 0. The highest BCUT2D eigenvalue weighted by molar-refractivity contribution is 14.0. The molecule has 144 valence electrons. The van der Waals surface area contributed by atoms with Crippen LogP contribution in [0.4, 0.5) is 0 Å². The molecule has 0 unspecified atom stereocenters. The fourth-order valence-electron chi connectivity index (χ4n) is 2.95. The van der Waals surface area contributed by atoms with Crippen molar-refractivity contribution in [3.63, 3.8) is 0 Å². The summed E-state index contributed by atoms with van der Waals surface area (Å²) in [7, 11) is 0. The van der Waals surface area contributed by atoms with Crippen LogP contribution in [0, 0.1) is 13.8 Å². The van der Waals surface area contributed by atoms with E-state index in [4.69, 9.17) is 4.99 Å². The van der Waals surface area contributed by atoms with E-state index < -0.39 is 0 Å². The summed E-state index contributed by atoms with van der Waals surface area (Å²) >= 11 is 1.75. The third kappa shape index (κ3) is 7.78. The Labute approximate surface area is 174 Å². The largest absolute Gasteiger partial charge is 0.357 e. The van der Waals surface area contributed by atoms with E-state index in [1.54, 1.807) is 11.3 Å². The number of nitrogens with one attached hydrogen (secondary N) is 2. The lowest BCUT2D eigenvalue weighted by atomic mass is 10.0. The van der Waals surface area contributed by atoms with Crippen LogP contribution in [0.2, 0.25) is 0 Å². The van der Waals surface area contributed by atoms with Gasteiger partial charge in [-0.15, -0.1) is 35.3 Å². The molecule has 0 radical (unpaired) electrons.